The molecule has 0 amide bonds. The van der Waals surface area contributed by atoms with Gasteiger partial charge in [-0.1, -0.05) is 48.1 Å². The number of aryl methyl sites for hydroxylation is 3. The van der Waals surface area contributed by atoms with Gasteiger partial charge in [-0.15, -0.1) is 0 Å². The monoisotopic (exact) mass is 366 g/mol. The van der Waals surface area contributed by atoms with Crippen LogP contribution in [0.4, 0.5) is 0 Å². The van der Waals surface area contributed by atoms with Crippen molar-refractivity contribution in [2.24, 2.45) is 23.7 Å². The van der Waals surface area contributed by atoms with Crippen LogP contribution in [-0.2, 0) is 11.2 Å². The van der Waals surface area contributed by atoms with Gasteiger partial charge in [-0.2, -0.15) is 0 Å². The maximum Gasteiger partial charge on any atom is 0.303 e. The molecule has 0 unspecified atom stereocenters. The van der Waals surface area contributed by atoms with Crippen molar-refractivity contribution in [2.45, 2.75) is 65.2 Å². The topological polar surface area (TPSA) is 37.3 Å². The lowest BCUT2D eigenvalue weighted by Gasteiger charge is -2.44. The van der Waals surface area contributed by atoms with Crippen LogP contribution in [0, 0.1) is 37.5 Å². The van der Waals surface area contributed by atoms with Crippen LogP contribution in [0.3, 0.4) is 0 Å². The third kappa shape index (κ3) is 5.34. The van der Waals surface area contributed by atoms with Gasteiger partial charge >= 0.3 is 5.97 Å². The summed E-state index contributed by atoms with van der Waals surface area (Å²) in [5.74, 6) is 2.15. The summed E-state index contributed by atoms with van der Waals surface area (Å²) in [6.45, 7) is 4.39. The Morgan fingerprint density at radius 1 is 1.15 bits per heavy atom. The maximum absolute atomic E-state index is 10.7. The lowest BCUT2D eigenvalue weighted by Crippen LogP contribution is -2.35. The molecule has 27 heavy (non-hydrogen) atoms. The second-order valence-electron chi connectivity index (χ2n) is 8.57. The number of hydrogen-bond donors (Lipinski definition) is 1. The number of carbonyl (C=O) groups is 1. The molecule has 2 bridgehead atoms. The average Bonchev–Trinajstić information content (AvgIpc) is 2.64. The van der Waals surface area contributed by atoms with Gasteiger partial charge in [-0.05, 0) is 93.6 Å². The van der Waals surface area contributed by atoms with Crippen LogP contribution in [0.5, 0.6) is 0 Å². The highest BCUT2D eigenvalue weighted by Crippen LogP contribution is 2.47. The van der Waals surface area contributed by atoms with Gasteiger partial charge in [-0.25, -0.2) is 0 Å². The highest BCUT2D eigenvalue weighted by atomic mass is 16.4. The molecule has 0 spiro atoms. The molecule has 1 N–H and O–H groups in total. The molecule has 1 aromatic carbocycles. The van der Waals surface area contributed by atoms with Crippen molar-refractivity contribution in [1.29, 1.82) is 0 Å². The fourth-order valence-corrected chi connectivity index (χ4v) is 5.11. The zero-order valence-corrected chi connectivity index (χ0v) is 16.9. The van der Waals surface area contributed by atoms with Crippen LogP contribution in [0.1, 0.15) is 61.6 Å². The molecule has 146 valence electrons. The summed E-state index contributed by atoms with van der Waals surface area (Å²) in [6.07, 6.45) is 17.9. The molecule has 2 nitrogen and oxygen atoms in total. The molecule has 1 fully saturated rings. The first kappa shape index (κ1) is 19.9. The Labute approximate surface area is 164 Å². The number of hydrogen-bond acceptors (Lipinski definition) is 1. The summed E-state index contributed by atoms with van der Waals surface area (Å²) in [4.78, 5) is 10.7. The summed E-state index contributed by atoms with van der Waals surface area (Å²) in [5.41, 5.74) is 4.27. The van der Waals surface area contributed by atoms with E-state index in [1.807, 2.05) is 0 Å². The molecule has 3 aliphatic carbocycles. The molecule has 4 rings (SSSR count). The van der Waals surface area contributed by atoms with Crippen molar-refractivity contribution in [3.63, 3.8) is 0 Å². The Kier molecular flexibility index (Phi) is 6.93. The number of benzene rings is 1. The number of rotatable bonds is 9. The van der Waals surface area contributed by atoms with Gasteiger partial charge in [0, 0.05) is 6.42 Å². The number of fused-ring (bicyclic) bond motifs is 2. The van der Waals surface area contributed by atoms with Crippen molar-refractivity contribution >= 4 is 5.97 Å². The minimum absolute atomic E-state index is 0.278. The van der Waals surface area contributed by atoms with E-state index in [-0.39, 0.29) is 6.42 Å². The Morgan fingerprint density at radius 3 is 2.63 bits per heavy atom. The smallest absolute Gasteiger partial charge is 0.303 e. The fourth-order valence-electron chi connectivity index (χ4n) is 5.11. The van der Waals surface area contributed by atoms with Gasteiger partial charge in [0.25, 0.3) is 0 Å². The van der Waals surface area contributed by atoms with E-state index in [1.54, 1.807) is 0 Å². The lowest BCUT2D eigenvalue weighted by atomic mass is 9.61. The Bertz CT molecular complexity index is 700. The van der Waals surface area contributed by atoms with Gasteiger partial charge in [0.15, 0.2) is 0 Å². The Hall–Kier alpha value is -1.83. The van der Waals surface area contributed by atoms with Crippen LogP contribution in [0.2, 0.25) is 0 Å². The SMILES string of the molecule is Cc1ccc(CCC[C@@H]2[C@@H](/C=C\CCCC(=O)O)[C@H]3C=C[C@@H]2CC3)c(C)c1. The van der Waals surface area contributed by atoms with Gasteiger partial charge in [0.1, 0.15) is 0 Å². The Balaban J connectivity index is 1.55. The van der Waals surface area contributed by atoms with E-state index < -0.39 is 5.97 Å². The van der Waals surface area contributed by atoms with Crippen molar-refractivity contribution in [1.82, 2.24) is 0 Å². The number of unbranched alkanes of at least 4 members (excludes halogenated alkanes) is 1. The molecular formula is C25H34O2. The van der Waals surface area contributed by atoms with Crippen molar-refractivity contribution in [3.05, 3.63) is 59.2 Å². The van der Waals surface area contributed by atoms with E-state index in [4.69, 9.17) is 5.11 Å². The number of carboxylic acids is 1. The molecule has 0 radical (unpaired) electrons. The largest absolute Gasteiger partial charge is 0.481 e. The quantitative estimate of drug-likeness (QED) is 0.413. The zero-order chi connectivity index (χ0) is 19.2. The first-order valence-electron chi connectivity index (χ1n) is 10.7. The highest BCUT2D eigenvalue weighted by molar-refractivity contribution is 5.66. The second-order valence-corrected chi connectivity index (χ2v) is 8.57. The predicted molar refractivity (Wildman–Crippen MR) is 112 cm³/mol. The predicted octanol–water partition coefficient (Wildman–Crippen LogP) is 6.27. The maximum atomic E-state index is 10.7. The highest BCUT2D eigenvalue weighted by Gasteiger charge is 2.38. The third-order valence-corrected chi connectivity index (χ3v) is 6.58. The zero-order valence-electron chi connectivity index (χ0n) is 16.9. The third-order valence-electron chi connectivity index (χ3n) is 6.58. The summed E-state index contributed by atoms with van der Waals surface area (Å²) in [7, 11) is 0. The van der Waals surface area contributed by atoms with E-state index >= 15 is 0 Å². The lowest BCUT2D eigenvalue weighted by molar-refractivity contribution is -0.137. The van der Waals surface area contributed by atoms with Gasteiger partial charge in [0.05, 0.1) is 0 Å². The molecule has 4 atom stereocenters. The van der Waals surface area contributed by atoms with Crippen molar-refractivity contribution in [2.75, 3.05) is 0 Å². The van der Waals surface area contributed by atoms with Crippen molar-refractivity contribution < 1.29 is 9.90 Å². The molecule has 0 aliphatic heterocycles. The van der Waals surface area contributed by atoms with E-state index in [9.17, 15) is 4.79 Å². The molecule has 0 aromatic heterocycles. The minimum Gasteiger partial charge on any atom is -0.481 e. The normalized spacial score (nSPS) is 26.7. The van der Waals surface area contributed by atoms with E-state index in [1.165, 1.54) is 48.8 Å². The average molecular weight is 367 g/mol. The number of allylic oxidation sites excluding steroid dienone is 4. The number of carboxylic acid groups (broad SMARTS) is 1. The summed E-state index contributed by atoms with van der Waals surface area (Å²) in [6, 6.07) is 6.83. The first-order valence-corrected chi connectivity index (χ1v) is 10.7. The second kappa shape index (κ2) is 9.39. The summed E-state index contributed by atoms with van der Waals surface area (Å²) < 4.78 is 0. The molecule has 0 saturated heterocycles. The standard InChI is InChI=1S/C25H34O2/c1-18-11-12-20(19(2)17-18)7-6-9-24-22-15-13-21(14-16-22)23(24)8-4-3-5-10-25(26)27/h4,8,11-13,15,17,21-24H,3,5-7,9-10,14,16H2,1-2H3,(H,26,27)/b8-4-/t21-,22+,23-,24-/m0/s1. The molecular weight excluding hydrogens is 332 g/mol. The van der Waals surface area contributed by atoms with Gasteiger partial charge in [-0.3, -0.25) is 4.79 Å². The first-order chi connectivity index (χ1) is 13.0. The molecule has 3 aliphatic rings. The summed E-state index contributed by atoms with van der Waals surface area (Å²) >= 11 is 0. The van der Waals surface area contributed by atoms with Crippen LogP contribution >= 0.6 is 0 Å². The minimum atomic E-state index is -0.688. The van der Waals surface area contributed by atoms with Gasteiger partial charge in [0.2, 0.25) is 0 Å². The fraction of sp³-hybridized carbons (Fsp3) is 0.560. The molecule has 2 heteroatoms. The molecule has 1 saturated carbocycles. The van der Waals surface area contributed by atoms with E-state index in [0.717, 1.165) is 24.7 Å². The van der Waals surface area contributed by atoms with Gasteiger partial charge < -0.3 is 5.11 Å². The van der Waals surface area contributed by atoms with E-state index in [0.29, 0.717) is 11.8 Å². The molecule has 1 aromatic rings. The van der Waals surface area contributed by atoms with Crippen LogP contribution in [0.15, 0.2) is 42.5 Å². The van der Waals surface area contributed by atoms with Crippen LogP contribution < -0.4 is 0 Å². The van der Waals surface area contributed by atoms with E-state index in [2.05, 4.69) is 56.4 Å². The molecule has 0 heterocycles. The number of aliphatic carboxylic acids is 1. The van der Waals surface area contributed by atoms with Crippen LogP contribution in [-0.4, -0.2) is 11.1 Å². The Morgan fingerprint density at radius 2 is 1.93 bits per heavy atom. The van der Waals surface area contributed by atoms with Crippen LogP contribution in [0.25, 0.3) is 0 Å². The van der Waals surface area contributed by atoms with Crippen molar-refractivity contribution in [3.8, 4) is 0 Å². The summed E-state index contributed by atoms with van der Waals surface area (Å²) in [5, 5.41) is 8.78.